The molecule has 0 saturated heterocycles. The number of benzene rings is 1. The number of halogens is 1. The Morgan fingerprint density at radius 1 is 1.22 bits per heavy atom. The molecule has 1 aliphatic carbocycles. The SMILES string of the molecule is CN(c1ccc(C#N)c(F)c1)C1CCCCCC1. The summed E-state index contributed by atoms with van der Waals surface area (Å²) in [4.78, 5) is 2.16. The fraction of sp³-hybridized carbons (Fsp3) is 0.533. The topological polar surface area (TPSA) is 27.0 Å². The van der Waals surface area contributed by atoms with Crippen molar-refractivity contribution in [1.29, 1.82) is 5.26 Å². The van der Waals surface area contributed by atoms with Gasteiger partial charge in [-0.25, -0.2) is 4.39 Å². The van der Waals surface area contributed by atoms with Crippen LogP contribution in [-0.4, -0.2) is 13.1 Å². The zero-order valence-corrected chi connectivity index (χ0v) is 10.8. The van der Waals surface area contributed by atoms with Gasteiger partial charge in [0, 0.05) is 18.8 Å². The zero-order valence-electron chi connectivity index (χ0n) is 10.8. The van der Waals surface area contributed by atoms with Crippen LogP contribution in [0.2, 0.25) is 0 Å². The summed E-state index contributed by atoms with van der Waals surface area (Å²) in [5, 5.41) is 8.73. The van der Waals surface area contributed by atoms with E-state index in [2.05, 4.69) is 4.90 Å². The van der Waals surface area contributed by atoms with Crippen LogP contribution in [0.25, 0.3) is 0 Å². The fourth-order valence-electron chi connectivity index (χ4n) is 2.67. The van der Waals surface area contributed by atoms with Crippen LogP contribution in [0.1, 0.15) is 44.1 Å². The minimum Gasteiger partial charge on any atom is -0.372 e. The third-order valence-electron chi connectivity index (χ3n) is 3.85. The summed E-state index contributed by atoms with van der Waals surface area (Å²) in [7, 11) is 2.02. The molecule has 1 saturated carbocycles. The smallest absolute Gasteiger partial charge is 0.143 e. The highest BCUT2D eigenvalue weighted by molar-refractivity contribution is 5.50. The lowest BCUT2D eigenvalue weighted by molar-refractivity contribution is 0.550. The van der Waals surface area contributed by atoms with Gasteiger partial charge in [0.05, 0.1) is 5.56 Å². The van der Waals surface area contributed by atoms with Crippen molar-refractivity contribution < 1.29 is 4.39 Å². The lowest BCUT2D eigenvalue weighted by Crippen LogP contribution is -2.31. The van der Waals surface area contributed by atoms with E-state index in [-0.39, 0.29) is 5.56 Å². The molecule has 0 unspecified atom stereocenters. The average Bonchev–Trinajstić information content (AvgIpc) is 2.66. The van der Waals surface area contributed by atoms with Crippen molar-refractivity contribution in [3.8, 4) is 6.07 Å². The molecule has 3 heteroatoms. The molecule has 1 aromatic rings. The van der Waals surface area contributed by atoms with E-state index in [1.807, 2.05) is 19.2 Å². The third-order valence-corrected chi connectivity index (χ3v) is 3.85. The molecule has 0 spiro atoms. The molecule has 1 aliphatic rings. The molecule has 1 fully saturated rings. The van der Waals surface area contributed by atoms with Crippen LogP contribution >= 0.6 is 0 Å². The molecule has 0 N–H and O–H groups in total. The first-order valence-corrected chi connectivity index (χ1v) is 6.65. The molecule has 18 heavy (non-hydrogen) atoms. The van der Waals surface area contributed by atoms with E-state index >= 15 is 0 Å². The van der Waals surface area contributed by atoms with Crippen molar-refractivity contribution >= 4 is 5.69 Å². The van der Waals surface area contributed by atoms with Crippen LogP contribution < -0.4 is 4.90 Å². The third kappa shape index (κ3) is 2.81. The Kier molecular flexibility index (Phi) is 4.19. The monoisotopic (exact) mass is 246 g/mol. The maximum Gasteiger partial charge on any atom is 0.143 e. The first-order valence-electron chi connectivity index (χ1n) is 6.65. The molecule has 0 atom stereocenters. The van der Waals surface area contributed by atoms with E-state index in [9.17, 15) is 4.39 Å². The standard InChI is InChI=1S/C15H19FN2/c1-18(13-6-4-2-3-5-7-13)14-9-8-12(11-17)15(16)10-14/h8-10,13H,2-7H2,1H3. The van der Waals surface area contributed by atoms with Crippen LogP contribution in [0.3, 0.4) is 0 Å². The normalized spacial score (nSPS) is 16.9. The number of nitriles is 1. The minimum absolute atomic E-state index is 0.119. The van der Waals surface area contributed by atoms with Gasteiger partial charge in [-0.1, -0.05) is 25.7 Å². The van der Waals surface area contributed by atoms with Crippen LogP contribution in [0.4, 0.5) is 10.1 Å². The van der Waals surface area contributed by atoms with E-state index in [0.29, 0.717) is 6.04 Å². The Bertz CT molecular complexity index is 442. The van der Waals surface area contributed by atoms with E-state index < -0.39 is 5.82 Å². The summed E-state index contributed by atoms with van der Waals surface area (Å²) in [5.41, 5.74) is 0.992. The van der Waals surface area contributed by atoms with Crippen molar-refractivity contribution in [2.75, 3.05) is 11.9 Å². The maximum absolute atomic E-state index is 13.6. The molecule has 0 aliphatic heterocycles. The predicted octanol–water partition coefficient (Wildman–Crippen LogP) is 3.86. The summed E-state index contributed by atoms with van der Waals surface area (Å²) in [6.07, 6.45) is 7.50. The predicted molar refractivity (Wildman–Crippen MR) is 71.0 cm³/mol. The van der Waals surface area contributed by atoms with Gasteiger partial charge in [0.25, 0.3) is 0 Å². The second-order valence-corrected chi connectivity index (χ2v) is 5.03. The fourth-order valence-corrected chi connectivity index (χ4v) is 2.67. The molecule has 0 aromatic heterocycles. The summed E-state index contributed by atoms with van der Waals surface area (Å²) in [6, 6.07) is 7.24. The highest BCUT2D eigenvalue weighted by Gasteiger charge is 2.18. The number of rotatable bonds is 2. The van der Waals surface area contributed by atoms with Crippen LogP contribution in [-0.2, 0) is 0 Å². The van der Waals surface area contributed by atoms with Crippen molar-refractivity contribution in [3.63, 3.8) is 0 Å². The Labute approximate surface area is 108 Å². The molecule has 0 bridgehead atoms. The van der Waals surface area contributed by atoms with Gasteiger partial charge in [-0.3, -0.25) is 0 Å². The van der Waals surface area contributed by atoms with Gasteiger partial charge in [0.15, 0.2) is 0 Å². The zero-order chi connectivity index (χ0) is 13.0. The first-order chi connectivity index (χ1) is 8.72. The molecular weight excluding hydrogens is 227 g/mol. The van der Waals surface area contributed by atoms with Gasteiger partial charge in [-0.15, -0.1) is 0 Å². The summed E-state index contributed by atoms with van der Waals surface area (Å²) < 4.78 is 13.6. The molecule has 0 radical (unpaired) electrons. The molecule has 2 rings (SSSR count). The lowest BCUT2D eigenvalue weighted by Gasteiger charge is -2.29. The van der Waals surface area contributed by atoms with Crippen LogP contribution in [0.15, 0.2) is 18.2 Å². The molecule has 96 valence electrons. The Morgan fingerprint density at radius 3 is 2.44 bits per heavy atom. The van der Waals surface area contributed by atoms with Gasteiger partial charge in [0.1, 0.15) is 11.9 Å². The number of anilines is 1. The quantitative estimate of drug-likeness (QED) is 0.741. The molecule has 2 nitrogen and oxygen atoms in total. The maximum atomic E-state index is 13.6. The summed E-state index contributed by atoms with van der Waals surface area (Å²) in [5.74, 6) is -0.421. The molecular formula is C15H19FN2. The Balaban J connectivity index is 2.15. The lowest BCUT2D eigenvalue weighted by atomic mass is 10.1. The first kappa shape index (κ1) is 12.9. The number of nitrogens with zero attached hydrogens (tertiary/aromatic N) is 2. The van der Waals surface area contributed by atoms with Gasteiger partial charge < -0.3 is 4.90 Å². The van der Waals surface area contributed by atoms with Crippen LogP contribution in [0.5, 0.6) is 0 Å². The molecule has 0 amide bonds. The van der Waals surface area contributed by atoms with Gasteiger partial charge in [-0.05, 0) is 31.0 Å². The number of hydrogen-bond donors (Lipinski definition) is 0. The molecule has 0 heterocycles. The Morgan fingerprint density at radius 2 is 1.89 bits per heavy atom. The summed E-state index contributed by atoms with van der Waals surface area (Å²) in [6.45, 7) is 0. The molecule has 1 aromatic carbocycles. The second-order valence-electron chi connectivity index (χ2n) is 5.03. The van der Waals surface area contributed by atoms with Gasteiger partial charge >= 0.3 is 0 Å². The largest absolute Gasteiger partial charge is 0.372 e. The van der Waals surface area contributed by atoms with E-state index in [1.54, 1.807) is 6.07 Å². The van der Waals surface area contributed by atoms with E-state index in [0.717, 1.165) is 5.69 Å². The van der Waals surface area contributed by atoms with Crippen molar-refractivity contribution in [2.24, 2.45) is 0 Å². The van der Waals surface area contributed by atoms with Crippen molar-refractivity contribution in [2.45, 2.75) is 44.6 Å². The Hall–Kier alpha value is -1.56. The number of hydrogen-bond acceptors (Lipinski definition) is 2. The van der Waals surface area contributed by atoms with Gasteiger partial charge in [0.2, 0.25) is 0 Å². The minimum atomic E-state index is -0.421. The van der Waals surface area contributed by atoms with E-state index in [1.165, 1.54) is 44.6 Å². The second kappa shape index (κ2) is 5.86. The summed E-state index contributed by atoms with van der Waals surface area (Å²) >= 11 is 0. The van der Waals surface area contributed by atoms with Crippen molar-refractivity contribution in [1.82, 2.24) is 0 Å². The van der Waals surface area contributed by atoms with Crippen molar-refractivity contribution in [3.05, 3.63) is 29.6 Å². The van der Waals surface area contributed by atoms with Gasteiger partial charge in [-0.2, -0.15) is 5.26 Å². The van der Waals surface area contributed by atoms with Crippen LogP contribution in [0, 0.1) is 17.1 Å². The average molecular weight is 246 g/mol. The highest BCUT2D eigenvalue weighted by Crippen LogP contribution is 2.26. The highest BCUT2D eigenvalue weighted by atomic mass is 19.1. The van der Waals surface area contributed by atoms with E-state index in [4.69, 9.17) is 5.26 Å².